The maximum absolute atomic E-state index is 14.6. The van der Waals surface area contributed by atoms with E-state index in [1.807, 2.05) is 24.3 Å². The quantitative estimate of drug-likeness (QED) is 0.114. The van der Waals surface area contributed by atoms with E-state index in [-0.39, 0.29) is 18.2 Å². The van der Waals surface area contributed by atoms with E-state index in [2.05, 4.69) is 369 Å². The number of fused-ring (bicyclic) bond motifs is 6. The summed E-state index contributed by atoms with van der Waals surface area (Å²) in [6, 6.07) is 148. The van der Waals surface area contributed by atoms with Crippen molar-refractivity contribution >= 4 is 187 Å². The van der Waals surface area contributed by atoms with Crippen LogP contribution in [0, 0.1) is 0 Å². The van der Waals surface area contributed by atoms with Gasteiger partial charge < -0.3 is 0 Å². The van der Waals surface area contributed by atoms with Gasteiger partial charge in [0.15, 0.2) is 0 Å². The monoisotopic (exact) mass is 1780 g/mol. The van der Waals surface area contributed by atoms with E-state index in [1.165, 1.54) is 55.1 Å². The van der Waals surface area contributed by atoms with Gasteiger partial charge in [-0.1, -0.05) is 31.9 Å². The first kappa shape index (κ1) is 74.7. The van der Waals surface area contributed by atoms with Crippen molar-refractivity contribution in [2.24, 2.45) is 0 Å². The number of para-hydroxylation sites is 4. The Morgan fingerprint density at radius 2 is 0.405 bits per heavy atom. The molecule has 0 atom stereocenters. The van der Waals surface area contributed by atoms with Crippen molar-refractivity contribution in [2.75, 3.05) is 9.80 Å². The summed E-state index contributed by atoms with van der Waals surface area (Å²) in [6.45, 7) is 0. The Balaban J connectivity index is 0.000000172. The molecule has 16 aromatic rings. The summed E-state index contributed by atoms with van der Waals surface area (Å²) in [7, 11) is -7.29. The molecule has 14 heteroatoms. The Morgan fingerprint density at radius 3 is 0.649 bits per heavy atom. The zero-order chi connectivity index (χ0) is 74.9. The molecule has 0 saturated heterocycles. The molecule has 0 N–H and O–H groups in total. The van der Waals surface area contributed by atoms with Gasteiger partial charge in [-0.15, -0.1) is 0 Å². The summed E-state index contributed by atoms with van der Waals surface area (Å²) in [4.78, 5) is 5.72. The Morgan fingerprint density at radius 1 is 0.216 bits per heavy atom. The first-order valence-corrected chi connectivity index (χ1v) is 53.8. The Kier molecular flexibility index (Phi) is 21.4. The van der Waals surface area contributed by atoms with Gasteiger partial charge in [0.25, 0.3) is 0 Å². The third-order valence-corrected chi connectivity index (χ3v) is 57.2. The van der Waals surface area contributed by atoms with Gasteiger partial charge in [-0.25, -0.2) is 8.42 Å². The van der Waals surface area contributed by atoms with Crippen molar-refractivity contribution in [1.29, 1.82) is 0 Å². The fraction of sp³-hybridized carbons (Fsp3) is 0.0103. The van der Waals surface area contributed by atoms with Gasteiger partial charge in [0.05, 0.1) is 9.79 Å². The normalized spacial score (nSPS) is 13.7. The molecule has 0 amide bonds. The molecule has 535 valence electrons. The number of sulfone groups is 2. The Hall–Kier alpha value is -10.3. The van der Waals surface area contributed by atoms with Crippen LogP contribution in [0.25, 0.3) is 0 Å². The predicted molar refractivity (Wildman–Crippen MR) is 474 cm³/mol. The van der Waals surface area contributed by atoms with Crippen LogP contribution in [0.5, 0.6) is 0 Å². The molecular weight excluding hydrogens is 1710 g/mol. The molecule has 3 radical (unpaired) electrons. The second kappa shape index (κ2) is 31.8. The minimum absolute atomic E-state index is 0. The summed E-state index contributed by atoms with van der Waals surface area (Å²) < 4.78 is 72.3. The summed E-state index contributed by atoms with van der Waals surface area (Å²) in [5.74, 6) is 0. The molecule has 0 aliphatic carbocycles. The van der Waals surface area contributed by atoms with Gasteiger partial charge in [-0.3, -0.25) is 0 Å². The molecule has 0 saturated carbocycles. The van der Waals surface area contributed by atoms with E-state index in [4.69, 9.17) is 0 Å². The summed E-state index contributed by atoms with van der Waals surface area (Å²) in [6.07, 6.45) is 1.04. The van der Waals surface area contributed by atoms with Crippen molar-refractivity contribution < 1.29 is 16.8 Å². The first-order chi connectivity index (χ1) is 53.9. The average Bonchev–Trinajstić information content (AvgIpc) is 0.707. The van der Waals surface area contributed by atoms with Gasteiger partial charge in [-0.2, -0.15) is 0 Å². The molecule has 0 fully saturated rings. The van der Waals surface area contributed by atoms with Crippen molar-refractivity contribution in [3.05, 3.63) is 445 Å². The standard InChI is InChI=1S/C60H44Ge2N2O2S.C25H20Ge.C12H8Br2O2S.B/c65-67(66,51-41-37-49(38-42-51)63-57-33-17-13-29-53(57)61(45-21-5-1-6-22-45,46-23-7-2-8-24-46)54-30-14-18-34-58(54)63)52-43-39-50(40-44-52)64-59-35-19-15-31-55(59)62(47-25-9-3-10-26-47,48-27-11-4-12-28-48)56-32-16-20-36-60(56)64;1-3-13-22(14-4-1)26(23-15-5-2-6-16-23)24-17-9-7-11-20(24)19-21-12-8-10-18-25(21)26;13-9-1-5-11(6-2-9)17(15,16)12-7-3-10(14)4-8-12;/h1-44H;1-18H,19H2;1-8H;. The number of halogens is 2. The van der Waals surface area contributed by atoms with E-state index in [9.17, 15) is 16.8 Å². The Bertz CT molecular complexity index is 5700. The van der Waals surface area contributed by atoms with Gasteiger partial charge in [-0.05, 0) is 48.5 Å². The van der Waals surface area contributed by atoms with Crippen LogP contribution in [-0.4, -0.2) is 65.0 Å². The number of nitrogens with zero attached hydrogens (tertiary/aromatic N) is 2. The summed E-state index contributed by atoms with van der Waals surface area (Å²) in [5, 5.41) is 0. The van der Waals surface area contributed by atoms with E-state index < -0.39 is 59.5 Å². The van der Waals surface area contributed by atoms with Crippen molar-refractivity contribution in [3.63, 3.8) is 0 Å². The van der Waals surface area contributed by atoms with Gasteiger partial charge in [0, 0.05) is 17.4 Å². The first-order valence-electron chi connectivity index (χ1n) is 36.6. The van der Waals surface area contributed by atoms with Crippen LogP contribution < -0.4 is 62.6 Å². The Labute approximate surface area is 677 Å². The molecule has 0 aromatic heterocycles. The zero-order valence-electron chi connectivity index (χ0n) is 60.3. The fourth-order valence-corrected chi connectivity index (χ4v) is 52.5. The SMILES string of the molecule is O=S(=O)(c1ccc(Br)cc1)c1ccc(Br)cc1.O=S(=O)(c1ccc(N2c3cccc[c]3[Ge]([c]3ccccc3)([c]3ccccc3)[c]3ccccc32)cc1)c1ccc(N2c3cccc[c]3[Ge]([c]3ccccc3)([c]3ccccc3)[c]3ccccc32)cc1.[B].c1cc[c]([Ge]2([c]3ccccc3)[c]3ccccc3Cc3cccc[c]32)cc1. The van der Waals surface area contributed by atoms with Gasteiger partial charge in [0.2, 0.25) is 9.84 Å². The topological polar surface area (TPSA) is 74.8 Å². The van der Waals surface area contributed by atoms with E-state index >= 15 is 0 Å². The molecule has 0 unspecified atom stereocenters. The molecule has 19 rings (SSSR count). The molecule has 6 nitrogen and oxygen atoms in total. The predicted octanol–water partition coefficient (Wildman–Crippen LogP) is 15.5. The molecule has 0 spiro atoms. The van der Waals surface area contributed by atoms with Crippen LogP contribution in [-0.2, 0) is 26.1 Å². The zero-order valence-corrected chi connectivity index (χ0v) is 71.4. The van der Waals surface area contributed by atoms with Gasteiger partial charge in [0.1, 0.15) is 0 Å². The number of hydrogen-bond acceptors (Lipinski definition) is 6. The third-order valence-electron chi connectivity index (χ3n) is 21.7. The summed E-state index contributed by atoms with van der Waals surface area (Å²) >= 11 is -3.49. The third kappa shape index (κ3) is 13.3. The van der Waals surface area contributed by atoms with Crippen LogP contribution in [0.4, 0.5) is 34.1 Å². The van der Waals surface area contributed by atoms with Crippen LogP contribution in [0.3, 0.4) is 0 Å². The van der Waals surface area contributed by atoms with Crippen molar-refractivity contribution in [1.82, 2.24) is 0 Å². The number of anilines is 6. The number of hydrogen-bond donors (Lipinski definition) is 0. The van der Waals surface area contributed by atoms with E-state index in [0.717, 1.165) is 49.5 Å². The second-order valence-electron chi connectivity index (χ2n) is 27.6. The van der Waals surface area contributed by atoms with Crippen LogP contribution in [0.2, 0.25) is 0 Å². The van der Waals surface area contributed by atoms with Crippen LogP contribution in [0.15, 0.2) is 453 Å². The fourth-order valence-electron chi connectivity index (χ4n) is 17.0. The molecule has 0 bridgehead atoms. The van der Waals surface area contributed by atoms with Crippen molar-refractivity contribution in [3.8, 4) is 0 Å². The maximum atomic E-state index is 14.6. The second-order valence-corrected chi connectivity index (χ2v) is 56.8. The molecule has 16 aromatic carbocycles. The minimum atomic E-state index is -3.88. The number of benzene rings is 16. The van der Waals surface area contributed by atoms with Gasteiger partial charge >= 0.3 is 558 Å². The average molecular weight is 1780 g/mol. The van der Waals surface area contributed by atoms with Crippen LogP contribution in [0.1, 0.15) is 11.1 Å². The van der Waals surface area contributed by atoms with E-state index in [1.54, 1.807) is 81.6 Å². The molecule has 111 heavy (non-hydrogen) atoms. The molecule has 3 aliphatic rings. The van der Waals surface area contributed by atoms with Crippen molar-refractivity contribution in [2.45, 2.75) is 26.0 Å². The molecular formula is C97H72BBr2Ge3N2O4S2. The van der Waals surface area contributed by atoms with Crippen LogP contribution >= 0.6 is 31.9 Å². The molecule has 3 aliphatic heterocycles. The van der Waals surface area contributed by atoms with E-state index in [0.29, 0.717) is 9.79 Å². The number of rotatable bonds is 12. The molecule has 3 heterocycles. The summed E-state index contributed by atoms with van der Waals surface area (Å²) in [5.41, 5.74) is 9.28.